The summed E-state index contributed by atoms with van der Waals surface area (Å²) in [7, 11) is 1.26. The van der Waals surface area contributed by atoms with E-state index in [2.05, 4.69) is 10.3 Å². The molecule has 1 aromatic heterocycles. The molecule has 2 N–H and O–H groups in total. The number of aryl methyl sites for hydroxylation is 1. The van der Waals surface area contributed by atoms with Crippen LogP contribution in [-0.2, 0) is 4.74 Å². The number of H-pyrrole nitrogens is 1. The molecule has 0 saturated heterocycles. The molecule has 1 atom stereocenters. The second-order valence-electron chi connectivity index (χ2n) is 5.48. The number of benzene rings is 1. The SMILES string of the molecule is COC(=O)c1c(C)[nH]c(C(=O)NC(C)c2ccc(F)cc2F)c1C. The third-order valence-corrected chi connectivity index (χ3v) is 3.83. The van der Waals surface area contributed by atoms with Crippen LogP contribution in [0, 0.1) is 25.5 Å². The molecule has 1 unspecified atom stereocenters. The van der Waals surface area contributed by atoms with Gasteiger partial charge in [-0.2, -0.15) is 0 Å². The van der Waals surface area contributed by atoms with Crippen LogP contribution in [-0.4, -0.2) is 24.0 Å². The Morgan fingerprint density at radius 3 is 2.50 bits per heavy atom. The molecule has 0 aliphatic rings. The molecule has 1 aromatic carbocycles. The van der Waals surface area contributed by atoms with Gasteiger partial charge < -0.3 is 15.0 Å². The Hall–Kier alpha value is -2.70. The fourth-order valence-corrected chi connectivity index (χ4v) is 2.58. The van der Waals surface area contributed by atoms with Gasteiger partial charge in [-0.3, -0.25) is 4.79 Å². The minimum atomic E-state index is -0.738. The molecule has 0 aliphatic heterocycles. The van der Waals surface area contributed by atoms with Crippen molar-refractivity contribution in [1.29, 1.82) is 0 Å². The van der Waals surface area contributed by atoms with Crippen molar-refractivity contribution in [1.82, 2.24) is 10.3 Å². The number of aromatic nitrogens is 1. The molecule has 0 bridgehead atoms. The summed E-state index contributed by atoms with van der Waals surface area (Å²) in [5.74, 6) is -2.47. The number of ether oxygens (including phenoxy) is 1. The summed E-state index contributed by atoms with van der Waals surface area (Å²) in [5.41, 5.74) is 1.61. The number of aromatic amines is 1. The van der Waals surface area contributed by atoms with Crippen LogP contribution in [0.5, 0.6) is 0 Å². The topological polar surface area (TPSA) is 71.2 Å². The molecule has 0 aliphatic carbocycles. The second kappa shape index (κ2) is 6.82. The van der Waals surface area contributed by atoms with E-state index in [1.165, 1.54) is 13.2 Å². The molecule has 0 spiro atoms. The standard InChI is InChI=1S/C17H18F2N2O3/c1-8-14(17(23)24-4)10(3)20-15(8)16(22)21-9(2)12-6-5-11(18)7-13(12)19/h5-7,9,20H,1-4H3,(H,21,22). The van der Waals surface area contributed by atoms with E-state index in [0.717, 1.165) is 12.1 Å². The first-order valence-corrected chi connectivity index (χ1v) is 7.29. The van der Waals surface area contributed by atoms with Crippen molar-refractivity contribution in [2.45, 2.75) is 26.8 Å². The molecule has 2 rings (SSSR count). The van der Waals surface area contributed by atoms with Crippen molar-refractivity contribution in [3.63, 3.8) is 0 Å². The molecule has 0 fully saturated rings. The Labute approximate surface area is 138 Å². The predicted octanol–water partition coefficient (Wildman–Crippen LogP) is 3.19. The highest BCUT2D eigenvalue weighted by atomic mass is 19.1. The zero-order valence-corrected chi connectivity index (χ0v) is 13.8. The van der Waals surface area contributed by atoms with E-state index < -0.39 is 29.6 Å². The van der Waals surface area contributed by atoms with E-state index >= 15 is 0 Å². The average Bonchev–Trinajstić information content (AvgIpc) is 2.81. The van der Waals surface area contributed by atoms with Crippen molar-refractivity contribution in [2.24, 2.45) is 0 Å². The molecule has 7 heteroatoms. The van der Waals surface area contributed by atoms with Crippen LogP contribution >= 0.6 is 0 Å². The zero-order valence-electron chi connectivity index (χ0n) is 13.8. The number of amides is 1. The summed E-state index contributed by atoms with van der Waals surface area (Å²) in [6.45, 7) is 4.85. The summed E-state index contributed by atoms with van der Waals surface area (Å²) in [5, 5.41) is 2.63. The quantitative estimate of drug-likeness (QED) is 0.843. The van der Waals surface area contributed by atoms with Crippen molar-refractivity contribution in [2.75, 3.05) is 7.11 Å². The largest absolute Gasteiger partial charge is 0.465 e. The highest BCUT2D eigenvalue weighted by Gasteiger charge is 2.24. The fraction of sp³-hybridized carbons (Fsp3) is 0.294. The van der Waals surface area contributed by atoms with Crippen molar-refractivity contribution in [3.8, 4) is 0 Å². The Bertz CT molecular complexity index is 799. The van der Waals surface area contributed by atoms with E-state index in [1.54, 1.807) is 20.8 Å². The molecule has 0 saturated carbocycles. The minimum absolute atomic E-state index is 0.166. The molecule has 128 valence electrons. The van der Waals surface area contributed by atoms with Gasteiger partial charge in [0, 0.05) is 17.3 Å². The summed E-state index contributed by atoms with van der Waals surface area (Å²) < 4.78 is 31.5. The first kappa shape index (κ1) is 17.7. The first-order valence-electron chi connectivity index (χ1n) is 7.29. The third kappa shape index (κ3) is 3.29. The number of carbonyl (C=O) groups excluding carboxylic acids is 2. The van der Waals surface area contributed by atoms with Crippen LogP contribution < -0.4 is 5.32 Å². The van der Waals surface area contributed by atoms with Crippen LogP contribution in [0.2, 0.25) is 0 Å². The van der Waals surface area contributed by atoms with E-state index in [4.69, 9.17) is 4.74 Å². The molecule has 1 heterocycles. The predicted molar refractivity (Wildman–Crippen MR) is 83.8 cm³/mol. The van der Waals surface area contributed by atoms with Crippen LogP contribution in [0.1, 0.15) is 50.6 Å². The Balaban J connectivity index is 2.25. The number of methoxy groups -OCH3 is 1. The number of hydrogen-bond donors (Lipinski definition) is 2. The maximum atomic E-state index is 13.8. The van der Waals surface area contributed by atoms with Crippen LogP contribution in [0.3, 0.4) is 0 Å². The average molecular weight is 336 g/mol. The fourth-order valence-electron chi connectivity index (χ4n) is 2.58. The number of nitrogens with one attached hydrogen (secondary N) is 2. The van der Waals surface area contributed by atoms with Gasteiger partial charge in [0.2, 0.25) is 0 Å². The maximum Gasteiger partial charge on any atom is 0.339 e. The van der Waals surface area contributed by atoms with Gasteiger partial charge in [0.25, 0.3) is 5.91 Å². The molecule has 24 heavy (non-hydrogen) atoms. The molecule has 1 amide bonds. The molecule has 2 aromatic rings. The highest BCUT2D eigenvalue weighted by molar-refractivity contribution is 6.00. The zero-order chi connectivity index (χ0) is 18.0. The number of carbonyl (C=O) groups is 2. The summed E-state index contributed by atoms with van der Waals surface area (Å²) in [4.78, 5) is 27.0. The number of esters is 1. The van der Waals surface area contributed by atoms with Gasteiger partial charge in [-0.15, -0.1) is 0 Å². The summed E-state index contributed by atoms with van der Waals surface area (Å²) in [6.07, 6.45) is 0. The summed E-state index contributed by atoms with van der Waals surface area (Å²) in [6, 6.07) is 2.49. The second-order valence-corrected chi connectivity index (χ2v) is 5.48. The highest BCUT2D eigenvalue weighted by Crippen LogP contribution is 2.21. The van der Waals surface area contributed by atoms with Gasteiger partial charge in [0.1, 0.15) is 17.3 Å². The van der Waals surface area contributed by atoms with Crippen molar-refractivity contribution < 1.29 is 23.1 Å². The van der Waals surface area contributed by atoms with Crippen molar-refractivity contribution in [3.05, 3.63) is 57.9 Å². The molecule has 0 radical (unpaired) electrons. The molecular formula is C17H18F2N2O3. The lowest BCUT2D eigenvalue weighted by Crippen LogP contribution is -2.28. The Morgan fingerprint density at radius 2 is 1.92 bits per heavy atom. The van der Waals surface area contributed by atoms with Crippen LogP contribution in [0.15, 0.2) is 18.2 Å². The molecular weight excluding hydrogens is 318 g/mol. The van der Waals surface area contributed by atoms with E-state index in [-0.39, 0.29) is 11.3 Å². The molecule has 5 nitrogen and oxygen atoms in total. The number of halogens is 2. The van der Waals surface area contributed by atoms with Gasteiger partial charge in [0.05, 0.1) is 18.7 Å². The monoisotopic (exact) mass is 336 g/mol. The first-order chi connectivity index (χ1) is 11.3. The lowest BCUT2D eigenvalue weighted by atomic mass is 10.1. The van der Waals surface area contributed by atoms with Crippen LogP contribution in [0.4, 0.5) is 8.78 Å². The van der Waals surface area contributed by atoms with E-state index in [1.807, 2.05) is 0 Å². The smallest absolute Gasteiger partial charge is 0.339 e. The maximum absolute atomic E-state index is 13.8. The normalized spacial score (nSPS) is 11.9. The van der Waals surface area contributed by atoms with Gasteiger partial charge in [0.15, 0.2) is 0 Å². The number of rotatable bonds is 4. The van der Waals surface area contributed by atoms with Gasteiger partial charge in [-0.05, 0) is 32.4 Å². The van der Waals surface area contributed by atoms with Gasteiger partial charge in [-0.25, -0.2) is 13.6 Å². The minimum Gasteiger partial charge on any atom is -0.465 e. The van der Waals surface area contributed by atoms with E-state index in [9.17, 15) is 18.4 Å². The van der Waals surface area contributed by atoms with E-state index in [0.29, 0.717) is 16.8 Å². The lowest BCUT2D eigenvalue weighted by Gasteiger charge is -2.15. The van der Waals surface area contributed by atoms with Crippen molar-refractivity contribution >= 4 is 11.9 Å². The van der Waals surface area contributed by atoms with Gasteiger partial charge >= 0.3 is 5.97 Å². The third-order valence-electron chi connectivity index (χ3n) is 3.83. The Morgan fingerprint density at radius 1 is 1.25 bits per heavy atom. The Kier molecular flexibility index (Phi) is 5.02. The van der Waals surface area contributed by atoms with Gasteiger partial charge in [-0.1, -0.05) is 6.07 Å². The lowest BCUT2D eigenvalue weighted by molar-refractivity contribution is 0.0599. The number of hydrogen-bond acceptors (Lipinski definition) is 3. The summed E-state index contributed by atoms with van der Waals surface area (Å²) >= 11 is 0. The van der Waals surface area contributed by atoms with Crippen LogP contribution in [0.25, 0.3) is 0 Å².